The van der Waals surface area contributed by atoms with E-state index in [2.05, 4.69) is 22.1 Å². The van der Waals surface area contributed by atoms with Crippen LogP contribution in [0.2, 0.25) is 5.02 Å². The second kappa shape index (κ2) is 6.97. The molecule has 0 atom stereocenters. The Bertz CT molecular complexity index is 909. The van der Waals surface area contributed by atoms with E-state index >= 15 is 0 Å². The summed E-state index contributed by atoms with van der Waals surface area (Å²) in [5.74, 6) is -0.317. The fraction of sp³-hybridized carbons (Fsp3) is 0.211. The Morgan fingerprint density at radius 1 is 1.21 bits per heavy atom. The summed E-state index contributed by atoms with van der Waals surface area (Å²) in [7, 11) is 0. The average molecular weight is 341 g/mol. The van der Waals surface area contributed by atoms with Crippen LogP contribution >= 0.6 is 11.6 Å². The Kier molecular flexibility index (Phi) is 4.76. The molecule has 0 radical (unpaired) electrons. The van der Waals surface area contributed by atoms with E-state index in [9.17, 15) is 4.79 Å². The molecule has 0 saturated heterocycles. The SMILES string of the molecule is CC(=O)OCc1cc(Cc2cc(C)ccn2)cc2cc(Cl)cnc12. The molecule has 0 amide bonds. The first-order valence-corrected chi connectivity index (χ1v) is 8.01. The summed E-state index contributed by atoms with van der Waals surface area (Å²) in [6, 6.07) is 9.96. The molecule has 24 heavy (non-hydrogen) atoms. The van der Waals surface area contributed by atoms with Crippen molar-refractivity contribution < 1.29 is 9.53 Å². The Morgan fingerprint density at radius 3 is 2.79 bits per heavy atom. The molecule has 0 fully saturated rings. The van der Waals surface area contributed by atoms with Crippen LogP contribution in [-0.2, 0) is 22.6 Å². The summed E-state index contributed by atoms with van der Waals surface area (Å²) < 4.78 is 5.16. The molecular weight excluding hydrogens is 324 g/mol. The Balaban J connectivity index is 2.02. The molecule has 2 heterocycles. The van der Waals surface area contributed by atoms with Gasteiger partial charge in [0.15, 0.2) is 0 Å². The molecule has 4 nitrogen and oxygen atoms in total. The Morgan fingerprint density at radius 2 is 2.04 bits per heavy atom. The predicted molar refractivity (Wildman–Crippen MR) is 94.0 cm³/mol. The molecule has 2 aromatic heterocycles. The number of aromatic nitrogens is 2. The van der Waals surface area contributed by atoms with Gasteiger partial charge < -0.3 is 4.74 Å². The number of rotatable bonds is 4. The highest BCUT2D eigenvalue weighted by Gasteiger charge is 2.09. The number of carbonyl (C=O) groups excluding carboxylic acids is 1. The van der Waals surface area contributed by atoms with Crippen LogP contribution in [0.1, 0.15) is 29.3 Å². The average Bonchev–Trinajstić information content (AvgIpc) is 2.52. The van der Waals surface area contributed by atoms with Crippen molar-refractivity contribution in [1.29, 1.82) is 0 Å². The molecule has 3 aromatic rings. The minimum atomic E-state index is -0.317. The number of carbonyl (C=O) groups is 1. The van der Waals surface area contributed by atoms with E-state index in [-0.39, 0.29) is 12.6 Å². The van der Waals surface area contributed by atoms with Crippen molar-refractivity contribution in [2.24, 2.45) is 0 Å². The Hall–Kier alpha value is -2.46. The number of esters is 1. The van der Waals surface area contributed by atoms with E-state index < -0.39 is 0 Å². The van der Waals surface area contributed by atoms with Gasteiger partial charge in [-0.15, -0.1) is 0 Å². The lowest BCUT2D eigenvalue weighted by atomic mass is 10.0. The van der Waals surface area contributed by atoms with Crippen LogP contribution in [0.3, 0.4) is 0 Å². The lowest BCUT2D eigenvalue weighted by molar-refractivity contribution is -0.142. The molecule has 0 aliphatic heterocycles. The first kappa shape index (κ1) is 16.4. The third-order valence-corrected chi connectivity index (χ3v) is 3.88. The normalized spacial score (nSPS) is 10.8. The molecule has 0 aliphatic carbocycles. The highest BCUT2D eigenvalue weighted by Crippen LogP contribution is 2.24. The minimum absolute atomic E-state index is 0.190. The Labute approximate surface area is 145 Å². The van der Waals surface area contributed by atoms with E-state index in [4.69, 9.17) is 16.3 Å². The molecular formula is C19H17ClN2O2. The van der Waals surface area contributed by atoms with Crippen molar-refractivity contribution in [3.8, 4) is 0 Å². The molecule has 122 valence electrons. The number of fused-ring (bicyclic) bond motifs is 1. The standard InChI is InChI=1S/C19H17ClN2O2/c1-12-3-4-21-18(5-12)8-14-6-15-9-17(20)10-22-19(15)16(7-14)11-24-13(2)23/h3-7,9-10H,8,11H2,1-2H3. The first-order valence-electron chi connectivity index (χ1n) is 7.63. The smallest absolute Gasteiger partial charge is 0.302 e. The van der Waals surface area contributed by atoms with Gasteiger partial charge in [-0.05, 0) is 48.4 Å². The zero-order valence-corrected chi connectivity index (χ0v) is 14.3. The summed E-state index contributed by atoms with van der Waals surface area (Å²) in [5.41, 5.74) is 4.89. The summed E-state index contributed by atoms with van der Waals surface area (Å²) in [4.78, 5) is 19.9. The van der Waals surface area contributed by atoms with Gasteiger partial charge in [0.1, 0.15) is 6.61 Å². The lowest BCUT2D eigenvalue weighted by Gasteiger charge is -2.10. The fourth-order valence-corrected chi connectivity index (χ4v) is 2.83. The van der Waals surface area contributed by atoms with Crippen molar-refractivity contribution in [2.75, 3.05) is 0 Å². The van der Waals surface area contributed by atoms with Crippen molar-refractivity contribution >= 4 is 28.5 Å². The van der Waals surface area contributed by atoms with Gasteiger partial charge in [-0.25, -0.2) is 0 Å². The van der Waals surface area contributed by atoms with Crippen LogP contribution in [0.15, 0.2) is 42.7 Å². The van der Waals surface area contributed by atoms with E-state index in [1.165, 1.54) is 12.5 Å². The van der Waals surface area contributed by atoms with Crippen LogP contribution in [0, 0.1) is 6.92 Å². The van der Waals surface area contributed by atoms with Crippen molar-refractivity contribution in [3.05, 3.63) is 70.1 Å². The summed E-state index contributed by atoms with van der Waals surface area (Å²) >= 11 is 6.07. The molecule has 0 bridgehead atoms. The first-order chi connectivity index (χ1) is 11.5. The van der Waals surface area contributed by atoms with E-state index in [1.807, 2.05) is 31.3 Å². The lowest BCUT2D eigenvalue weighted by Crippen LogP contribution is -2.02. The quantitative estimate of drug-likeness (QED) is 0.666. The number of aryl methyl sites for hydroxylation is 1. The van der Waals surface area contributed by atoms with Crippen LogP contribution < -0.4 is 0 Å². The van der Waals surface area contributed by atoms with Gasteiger partial charge in [-0.2, -0.15) is 0 Å². The number of hydrogen-bond acceptors (Lipinski definition) is 4. The van der Waals surface area contributed by atoms with Gasteiger partial charge in [0.2, 0.25) is 0 Å². The number of nitrogens with zero attached hydrogens (tertiary/aromatic N) is 2. The third-order valence-electron chi connectivity index (χ3n) is 3.68. The van der Waals surface area contributed by atoms with Crippen molar-refractivity contribution in [2.45, 2.75) is 26.9 Å². The van der Waals surface area contributed by atoms with Gasteiger partial charge in [0.05, 0.1) is 10.5 Å². The maximum Gasteiger partial charge on any atom is 0.302 e. The third kappa shape index (κ3) is 3.89. The second-order valence-electron chi connectivity index (χ2n) is 5.76. The maximum absolute atomic E-state index is 11.1. The molecule has 3 rings (SSSR count). The van der Waals surface area contributed by atoms with Gasteiger partial charge in [0.25, 0.3) is 0 Å². The van der Waals surface area contributed by atoms with E-state index in [0.717, 1.165) is 27.7 Å². The molecule has 1 aromatic carbocycles. The maximum atomic E-state index is 11.1. The van der Waals surface area contributed by atoms with Gasteiger partial charge in [0, 0.05) is 42.4 Å². The van der Waals surface area contributed by atoms with E-state index in [1.54, 1.807) is 6.20 Å². The zero-order chi connectivity index (χ0) is 17.1. The highest BCUT2D eigenvalue weighted by atomic mass is 35.5. The van der Waals surface area contributed by atoms with Crippen molar-refractivity contribution in [3.63, 3.8) is 0 Å². The van der Waals surface area contributed by atoms with Crippen LogP contribution in [0.5, 0.6) is 0 Å². The topological polar surface area (TPSA) is 52.1 Å². The predicted octanol–water partition coefficient (Wildman–Crippen LogP) is 4.25. The second-order valence-corrected chi connectivity index (χ2v) is 6.20. The molecule has 0 N–H and O–H groups in total. The largest absolute Gasteiger partial charge is 0.461 e. The number of hydrogen-bond donors (Lipinski definition) is 0. The van der Waals surface area contributed by atoms with Gasteiger partial charge >= 0.3 is 5.97 Å². The number of pyridine rings is 2. The van der Waals surface area contributed by atoms with Crippen LogP contribution in [-0.4, -0.2) is 15.9 Å². The summed E-state index contributed by atoms with van der Waals surface area (Å²) in [6.45, 7) is 3.63. The fourth-order valence-electron chi connectivity index (χ4n) is 2.66. The zero-order valence-electron chi connectivity index (χ0n) is 13.5. The number of ether oxygens (including phenoxy) is 1. The molecule has 5 heteroatoms. The highest BCUT2D eigenvalue weighted by molar-refractivity contribution is 6.31. The van der Waals surface area contributed by atoms with Crippen molar-refractivity contribution in [1.82, 2.24) is 9.97 Å². The molecule has 0 saturated carbocycles. The monoisotopic (exact) mass is 340 g/mol. The molecule has 0 aliphatic rings. The number of benzene rings is 1. The van der Waals surface area contributed by atoms with Crippen LogP contribution in [0.25, 0.3) is 10.9 Å². The summed E-state index contributed by atoms with van der Waals surface area (Å²) in [6.07, 6.45) is 4.10. The number of halogens is 1. The summed E-state index contributed by atoms with van der Waals surface area (Å²) in [5, 5.41) is 1.50. The molecule has 0 spiro atoms. The van der Waals surface area contributed by atoms with Gasteiger partial charge in [-0.3, -0.25) is 14.8 Å². The van der Waals surface area contributed by atoms with Gasteiger partial charge in [-0.1, -0.05) is 11.6 Å². The van der Waals surface area contributed by atoms with E-state index in [0.29, 0.717) is 11.4 Å². The minimum Gasteiger partial charge on any atom is -0.461 e. The molecule has 0 unspecified atom stereocenters. The van der Waals surface area contributed by atoms with Crippen LogP contribution in [0.4, 0.5) is 0 Å².